The third-order valence-corrected chi connectivity index (χ3v) is 9.20. The molecule has 4 aromatic rings. The molecule has 192 valence electrons. The highest BCUT2D eigenvalue weighted by atomic mass is 35.5. The van der Waals surface area contributed by atoms with Crippen LogP contribution in [0.15, 0.2) is 76.3 Å². The number of benzene rings is 2. The van der Waals surface area contributed by atoms with Crippen LogP contribution in [0.3, 0.4) is 0 Å². The summed E-state index contributed by atoms with van der Waals surface area (Å²) in [6.07, 6.45) is 3.55. The first-order valence-electron chi connectivity index (χ1n) is 11.5. The van der Waals surface area contributed by atoms with Crippen LogP contribution >= 0.6 is 46.0 Å². The van der Waals surface area contributed by atoms with Gasteiger partial charge in [0.2, 0.25) is 10.9 Å². The number of Topliss-reactive ketones (excluding diaryl/α,β-unsaturated/α-hetero) is 1. The van der Waals surface area contributed by atoms with Gasteiger partial charge in [0, 0.05) is 10.8 Å². The first-order chi connectivity index (χ1) is 18.3. The maximum Gasteiger partial charge on any atom is 0.296 e. The normalized spacial score (nSPS) is 15.7. The topological polar surface area (TPSA) is 96.3 Å². The van der Waals surface area contributed by atoms with Crippen LogP contribution in [0.25, 0.3) is 6.08 Å². The van der Waals surface area contributed by atoms with E-state index in [0.29, 0.717) is 30.8 Å². The maximum atomic E-state index is 13.6. The second-order valence-corrected chi connectivity index (χ2v) is 12.2. The van der Waals surface area contributed by atoms with Crippen molar-refractivity contribution in [2.75, 3.05) is 4.90 Å². The van der Waals surface area contributed by atoms with Crippen molar-refractivity contribution in [3.8, 4) is 0 Å². The molecule has 7 nitrogen and oxygen atoms in total. The van der Waals surface area contributed by atoms with E-state index in [1.54, 1.807) is 13.0 Å². The number of aliphatic hydroxyl groups is 1. The van der Waals surface area contributed by atoms with Crippen molar-refractivity contribution in [3.05, 3.63) is 104 Å². The van der Waals surface area contributed by atoms with Crippen molar-refractivity contribution in [2.45, 2.75) is 30.0 Å². The largest absolute Gasteiger partial charge is 0.503 e. The van der Waals surface area contributed by atoms with Crippen molar-refractivity contribution < 1.29 is 14.7 Å². The lowest BCUT2D eigenvalue weighted by Crippen LogP contribution is -2.35. The van der Waals surface area contributed by atoms with Gasteiger partial charge < -0.3 is 5.11 Å². The van der Waals surface area contributed by atoms with Gasteiger partial charge in [-0.25, -0.2) is 4.98 Å². The molecule has 2 aromatic heterocycles. The first-order valence-corrected chi connectivity index (χ1v) is 14.5. The Balaban J connectivity index is 1.47. The van der Waals surface area contributed by atoms with Gasteiger partial charge in [-0.05, 0) is 37.1 Å². The van der Waals surface area contributed by atoms with Gasteiger partial charge in [0.15, 0.2) is 10.1 Å². The fourth-order valence-electron chi connectivity index (χ4n) is 3.97. The predicted molar refractivity (Wildman–Crippen MR) is 153 cm³/mol. The number of amides is 1. The Bertz CT molecular complexity index is 1560. The number of aromatic nitrogens is 3. The number of halogens is 1. The Hall–Kier alpha value is -3.31. The number of carbonyl (C=O) groups is 2. The van der Waals surface area contributed by atoms with E-state index < -0.39 is 23.5 Å². The van der Waals surface area contributed by atoms with E-state index in [4.69, 9.17) is 11.6 Å². The number of hydrogen-bond donors (Lipinski definition) is 1. The van der Waals surface area contributed by atoms with E-state index >= 15 is 0 Å². The minimum atomic E-state index is -0.862. The number of rotatable bonds is 8. The number of aliphatic hydroxyl groups excluding tert-OH is 1. The second-order valence-electron chi connectivity index (χ2n) is 8.39. The minimum absolute atomic E-state index is 0.000464. The number of nitrogens with zero attached hydrogens (tertiary/aromatic N) is 4. The van der Waals surface area contributed by atoms with E-state index in [1.165, 1.54) is 39.3 Å². The van der Waals surface area contributed by atoms with Crippen LogP contribution in [0.1, 0.15) is 31.5 Å². The maximum absolute atomic E-state index is 13.6. The van der Waals surface area contributed by atoms with Gasteiger partial charge in [0.25, 0.3) is 5.91 Å². The lowest BCUT2D eigenvalue weighted by molar-refractivity contribution is -0.116. The summed E-state index contributed by atoms with van der Waals surface area (Å²) in [5, 5.41) is 21.1. The van der Waals surface area contributed by atoms with Crippen molar-refractivity contribution >= 4 is 68.9 Å². The zero-order valence-corrected chi connectivity index (χ0v) is 23.5. The van der Waals surface area contributed by atoms with Gasteiger partial charge in [-0.15, -0.1) is 21.5 Å². The number of hydrogen-bond acceptors (Lipinski definition) is 9. The van der Waals surface area contributed by atoms with Crippen molar-refractivity contribution in [1.29, 1.82) is 0 Å². The number of thioether (sulfide) groups is 1. The summed E-state index contributed by atoms with van der Waals surface area (Å²) in [6, 6.07) is 16.2. The summed E-state index contributed by atoms with van der Waals surface area (Å²) in [6.45, 7) is 3.55. The SMILES string of the molecule is Cc1nc(C)c(C(=O)C2=C(O)C(=O)N(c3nnc(SCc4ccc(Cl)cc4)s3)C2/C=C/c2ccccc2)s1. The van der Waals surface area contributed by atoms with Crippen LogP contribution in [0.4, 0.5) is 5.13 Å². The van der Waals surface area contributed by atoms with Gasteiger partial charge in [-0.2, -0.15) is 0 Å². The molecule has 5 rings (SSSR count). The molecule has 0 aliphatic carbocycles. The Labute approximate surface area is 236 Å². The Morgan fingerprint density at radius 1 is 1.11 bits per heavy atom. The molecule has 3 heterocycles. The number of aryl methyl sites for hydroxylation is 2. The van der Waals surface area contributed by atoms with E-state index in [9.17, 15) is 14.7 Å². The number of anilines is 1. The molecule has 0 radical (unpaired) electrons. The summed E-state index contributed by atoms with van der Waals surface area (Å²) < 4.78 is 0.654. The molecular weight excluding hydrogens is 560 g/mol. The molecule has 0 saturated carbocycles. The molecule has 1 aliphatic heterocycles. The predicted octanol–water partition coefficient (Wildman–Crippen LogP) is 6.68. The molecule has 1 atom stereocenters. The monoisotopic (exact) mass is 580 g/mol. The number of ketones is 1. The van der Waals surface area contributed by atoms with Gasteiger partial charge in [0.1, 0.15) is 0 Å². The molecule has 0 saturated heterocycles. The molecule has 38 heavy (non-hydrogen) atoms. The Morgan fingerprint density at radius 2 is 1.84 bits per heavy atom. The number of carbonyl (C=O) groups excluding carboxylic acids is 2. The Kier molecular flexibility index (Phi) is 7.75. The van der Waals surface area contributed by atoms with Crippen LogP contribution in [0, 0.1) is 13.8 Å². The molecule has 0 fully saturated rings. The first kappa shape index (κ1) is 26.3. The van der Waals surface area contributed by atoms with Crippen LogP contribution in [-0.4, -0.2) is 38.0 Å². The highest BCUT2D eigenvalue weighted by Crippen LogP contribution is 2.38. The molecule has 0 bridgehead atoms. The van der Waals surface area contributed by atoms with E-state index in [2.05, 4.69) is 15.2 Å². The molecule has 2 aromatic carbocycles. The van der Waals surface area contributed by atoms with Crippen molar-refractivity contribution in [2.24, 2.45) is 0 Å². The average molecular weight is 581 g/mol. The van der Waals surface area contributed by atoms with E-state index in [-0.39, 0.29) is 5.57 Å². The fourth-order valence-corrected chi connectivity index (χ4v) is 6.80. The van der Waals surface area contributed by atoms with Crippen molar-refractivity contribution in [1.82, 2.24) is 15.2 Å². The van der Waals surface area contributed by atoms with Gasteiger partial charge in [-0.1, -0.05) is 89.3 Å². The molecule has 11 heteroatoms. The van der Waals surface area contributed by atoms with Crippen LogP contribution in [-0.2, 0) is 10.5 Å². The highest BCUT2D eigenvalue weighted by Gasteiger charge is 2.44. The minimum Gasteiger partial charge on any atom is -0.503 e. The summed E-state index contributed by atoms with van der Waals surface area (Å²) in [5.74, 6) is -1.06. The van der Waals surface area contributed by atoms with E-state index in [0.717, 1.165) is 16.1 Å². The molecular formula is C27H21ClN4O3S3. The van der Waals surface area contributed by atoms with Gasteiger partial charge >= 0.3 is 0 Å². The summed E-state index contributed by atoms with van der Waals surface area (Å²) >= 11 is 9.91. The van der Waals surface area contributed by atoms with Crippen LogP contribution < -0.4 is 4.90 Å². The third-order valence-electron chi connectivity index (χ3n) is 5.75. The molecule has 0 spiro atoms. The van der Waals surface area contributed by atoms with Crippen LogP contribution in [0.2, 0.25) is 5.02 Å². The molecule has 1 N–H and O–H groups in total. The fraction of sp³-hybridized carbons (Fsp3) is 0.148. The third kappa shape index (κ3) is 5.44. The summed E-state index contributed by atoms with van der Waals surface area (Å²) in [4.78, 5) is 33.0. The average Bonchev–Trinajstić information content (AvgIpc) is 3.58. The summed E-state index contributed by atoms with van der Waals surface area (Å²) in [5.41, 5.74) is 2.52. The smallest absolute Gasteiger partial charge is 0.296 e. The number of thiazole rings is 1. The zero-order valence-electron chi connectivity index (χ0n) is 20.3. The quantitative estimate of drug-likeness (QED) is 0.141. The standard InChI is InChI=1S/C27H21ClN4O3S3/c1-15-24(37-16(2)29-15)22(33)21-20(13-10-17-6-4-3-5-7-17)32(25(35)23(21)34)26-30-31-27(38-26)36-14-18-8-11-19(28)12-9-18/h3-13,20,34H,14H2,1-2H3/b13-10+. The van der Waals surface area contributed by atoms with Gasteiger partial charge in [0.05, 0.1) is 27.2 Å². The Morgan fingerprint density at radius 3 is 2.53 bits per heavy atom. The highest BCUT2D eigenvalue weighted by molar-refractivity contribution is 8.00. The lowest BCUT2D eigenvalue weighted by atomic mass is 10.0. The van der Waals surface area contributed by atoms with E-state index in [1.807, 2.05) is 67.6 Å². The lowest BCUT2D eigenvalue weighted by Gasteiger charge is -2.20. The van der Waals surface area contributed by atoms with Gasteiger partial charge in [-0.3, -0.25) is 14.5 Å². The van der Waals surface area contributed by atoms with Crippen molar-refractivity contribution in [3.63, 3.8) is 0 Å². The second kappa shape index (κ2) is 11.2. The van der Waals surface area contributed by atoms with Crippen LogP contribution in [0.5, 0.6) is 0 Å². The molecule has 1 aliphatic rings. The zero-order chi connectivity index (χ0) is 26.8. The summed E-state index contributed by atoms with van der Waals surface area (Å²) in [7, 11) is 0. The molecule has 1 amide bonds. The molecule has 1 unspecified atom stereocenters.